The largest absolute Gasteiger partial charge is 0.497 e. The number of hydrogen-bond acceptors (Lipinski definition) is 6. The summed E-state index contributed by atoms with van der Waals surface area (Å²) in [4.78, 5) is 0. The molecule has 0 aliphatic heterocycles. The SMILES string of the molecule is COc1cccc(CS(=O)(=O)c2nnnn2-c2ccc(F)cc2Br)c1. The first-order chi connectivity index (χ1) is 11.9. The lowest BCUT2D eigenvalue weighted by molar-refractivity contribution is 0.414. The zero-order chi connectivity index (χ0) is 18.0. The predicted octanol–water partition coefficient (Wildman–Crippen LogP) is 2.55. The molecular weight excluding hydrogens is 415 g/mol. The van der Waals surface area contributed by atoms with Gasteiger partial charge in [0, 0.05) is 4.47 Å². The van der Waals surface area contributed by atoms with E-state index in [0.29, 0.717) is 21.5 Å². The lowest BCUT2D eigenvalue weighted by Gasteiger charge is -2.08. The van der Waals surface area contributed by atoms with E-state index >= 15 is 0 Å². The molecule has 1 heterocycles. The molecule has 3 aromatic rings. The Bertz CT molecular complexity index is 1020. The van der Waals surface area contributed by atoms with Gasteiger partial charge in [-0.05, 0) is 62.3 Å². The van der Waals surface area contributed by atoms with Crippen molar-refractivity contribution in [3.8, 4) is 11.4 Å². The highest BCUT2D eigenvalue weighted by molar-refractivity contribution is 9.10. The second-order valence-corrected chi connectivity index (χ2v) is 7.82. The number of benzene rings is 2. The van der Waals surface area contributed by atoms with Crippen LogP contribution < -0.4 is 4.74 Å². The molecule has 0 aliphatic rings. The number of nitrogens with zero attached hydrogens (tertiary/aromatic N) is 4. The van der Waals surface area contributed by atoms with Crippen LogP contribution in [0.25, 0.3) is 5.69 Å². The second kappa shape index (κ2) is 6.89. The highest BCUT2D eigenvalue weighted by Crippen LogP contribution is 2.25. The summed E-state index contributed by atoms with van der Waals surface area (Å²) >= 11 is 3.19. The number of hydrogen-bond donors (Lipinski definition) is 0. The van der Waals surface area contributed by atoms with E-state index in [1.54, 1.807) is 24.3 Å². The van der Waals surface area contributed by atoms with Gasteiger partial charge in [-0.25, -0.2) is 12.8 Å². The summed E-state index contributed by atoms with van der Waals surface area (Å²) in [6.07, 6.45) is 0. The molecule has 1 aromatic heterocycles. The monoisotopic (exact) mass is 426 g/mol. The molecular formula is C15H12BrFN4O3S. The number of sulfone groups is 1. The molecule has 2 aromatic carbocycles. The number of methoxy groups -OCH3 is 1. The summed E-state index contributed by atoms with van der Waals surface area (Å²) in [6, 6.07) is 10.5. The molecule has 0 spiro atoms. The first kappa shape index (κ1) is 17.5. The predicted molar refractivity (Wildman–Crippen MR) is 90.7 cm³/mol. The Balaban J connectivity index is 2.00. The standard InChI is InChI=1S/C15H12BrFN4O3S/c1-24-12-4-2-3-10(7-12)9-25(22,23)15-18-19-20-21(15)14-6-5-11(17)8-13(14)16/h2-8H,9H2,1H3. The molecule has 0 atom stereocenters. The van der Waals surface area contributed by atoms with Crippen LogP contribution in [0.5, 0.6) is 5.75 Å². The minimum Gasteiger partial charge on any atom is -0.497 e. The van der Waals surface area contributed by atoms with Crippen LogP contribution in [0.4, 0.5) is 4.39 Å². The first-order valence-corrected chi connectivity index (χ1v) is 9.45. The number of ether oxygens (including phenoxy) is 1. The van der Waals surface area contributed by atoms with E-state index in [-0.39, 0.29) is 10.9 Å². The van der Waals surface area contributed by atoms with E-state index in [1.165, 1.54) is 25.3 Å². The van der Waals surface area contributed by atoms with Gasteiger partial charge in [0.25, 0.3) is 5.16 Å². The third kappa shape index (κ3) is 3.69. The maximum Gasteiger partial charge on any atom is 0.272 e. The van der Waals surface area contributed by atoms with Gasteiger partial charge >= 0.3 is 0 Å². The Morgan fingerprint density at radius 2 is 2.04 bits per heavy atom. The van der Waals surface area contributed by atoms with E-state index in [1.807, 2.05) is 0 Å². The van der Waals surface area contributed by atoms with Gasteiger partial charge in [0.15, 0.2) is 0 Å². The Morgan fingerprint density at radius 1 is 1.24 bits per heavy atom. The molecule has 7 nitrogen and oxygen atoms in total. The minimum atomic E-state index is -3.84. The minimum absolute atomic E-state index is 0.302. The van der Waals surface area contributed by atoms with Crippen LogP contribution in [-0.4, -0.2) is 35.7 Å². The maximum atomic E-state index is 13.3. The van der Waals surface area contributed by atoms with Gasteiger partial charge in [0.2, 0.25) is 9.84 Å². The van der Waals surface area contributed by atoms with E-state index < -0.39 is 15.7 Å². The molecule has 0 radical (unpaired) electrons. The van der Waals surface area contributed by atoms with Crippen molar-refractivity contribution in [2.24, 2.45) is 0 Å². The van der Waals surface area contributed by atoms with Crippen molar-refractivity contribution in [1.29, 1.82) is 0 Å². The van der Waals surface area contributed by atoms with Crippen LogP contribution in [0.3, 0.4) is 0 Å². The molecule has 0 saturated carbocycles. The molecule has 10 heteroatoms. The lowest BCUT2D eigenvalue weighted by atomic mass is 10.2. The summed E-state index contributed by atoms with van der Waals surface area (Å²) in [5.74, 6) is -0.221. The molecule has 0 unspecified atom stereocenters. The summed E-state index contributed by atoms with van der Waals surface area (Å²) in [5.41, 5.74) is 0.850. The van der Waals surface area contributed by atoms with Gasteiger partial charge in [-0.1, -0.05) is 17.2 Å². The fourth-order valence-electron chi connectivity index (χ4n) is 2.22. The highest BCUT2D eigenvalue weighted by atomic mass is 79.9. The summed E-state index contributed by atoms with van der Waals surface area (Å²) in [7, 11) is -2.34. The fraction of sp³-hybridized carbons (Fsp3) is 0.133. The zero-order valence-electron chi connectivity index (χ0n) is 12.9. The molecule has 0 fully saturated rings. The summed E-state index contributed by atoms with van der Waals surface area (Å²) in [5, 5.41) is 10.5. The van der Waals surface area contributed by atoms with Crippen molar-refractivity contribution >= 4 is 25.8 Å². The molecule has 0 aliphatic carbocycles. The molecule has 25 heavy (non-hydrogen) atoms. The number of aromatic nitrogens is 4. The highest BCUT2D eigenvalue weighted by Gasteiger charge is 2.25. The van der Waals surface area contributed by atoms with Crippen LogP contribution >= 0.6 is 15.9 Å². The quantitative estimate of drug-likeness (QED) is 0.622. The van der Waals surface area contributed by atoms with Gasteiger partial charge in [-0.2, -0.15) is 4.68 Å². The van der Waals surface area contributed by atoms with Gasteiger partial charge in [0.1, 0.15) is 11.6 Å². The fourth-order valence-corrected chi connectivity index (χ4v) is 4.05. The number of rotatable bonds is 5. The molecule has 0 bridgehead atoms. The van der Waals surface area contributed by atoms with Crippen molar-refractivity contribution in [1.82, 2.24) is 20.2 Å². The second-order valence-electron chi connectivity index (χ2n) is 5.08. The third-order valence-electron chi connectivity index (χ3n) is 3.35. The summed E-state index contributed by atoms with van der Waals surface area (Å²) < 4.78 is 45.2. The zero-order valence-corrected chi connectivity index (χ0v) is 15.3. The van der Waals surface area contributed by atoms with Crippen LogP contribution in [0.15, 0.2) is 52.1 Å². The average Bonchev–Trinajstić information content (AvgIpc) is 3.05. The van der Waals surface area contributed by atoms with Gasteiger partial charge < -0.3 is 4.74 Å². The van der Waals surface area contributed by atoms with E-state index in [0.717, 1.165) is 4.68 Å². The molecule has 0 N–H and O–H groups in total. The third-order valence-corrected chi connectivity index (χ3v) is 5.51. The van der Waals surface area contributed by atoms with Gasteiger partial charge in [-0.3, -0.25) is 0 Å². The Hall–Kier alpha value is -2.33. The number of halogens is 2. The van der Waals surface area contributed by atoms with E-state index in [9.17, 15) is 12.8 Å². The summed E-state index contributed by atoms with van der Waals surface area (Å²) in [6.45, 7) is 0. The Labute approximate surface area is 151 Å². The van der Waals surface area contributed by atoms with Crippen molar-refractivity contribution in [3.63, 3.8) is 0 Å². The average molecular weight is 427 g/mol. The smallest absolute Gasteiger partial charge is 0.272 e. The lowest BCUT2D eigenvalue weighted by Crippen LogP contribution is -2.13. The van der Waals surface area contributed by atoms with E-state index in [4.69, 9.17) is 4.74 Å². The topological polar surface area (TPSA) is 87.0 Å². The Kier molecular flexibility index (Phi) is 4.82. The van der Waals surface area contributed by atoms with Crippen molar-refractivity contribution in [2.45, 2.75) is 10.9 Å². The van der Waals surface area contributed by atoms with Crippen molar-refractivity contribution in [3.05, 3.63) is 58.3 Å². The van der Waals surface area contributed by atoms with Gasteiger partial charge in [-0.15, -0.1) is 0 Å². The van der Waals surface area contributed by atoms with Crippen LogP contribution in [0.1, 0.15) is 5.56 Å². The Morgan fingerprint density at radius 3 is 2.76 bits per heavy atom. The molecule has 130 valence electrons. The van der Waals surface area contributed by atoms with E-state index in [2.05, 4.69) is 31.5 Å². The molecule has 0 saturated heterocycles. The van der Waals surface area contributed by atoms with Gasteiger partial charge in [0.05, 0.1) is 18.6 Å². The van der Waals surface area contributed by atoms with Crippen molar-refractivity contribution < 1.29 is 17.5 Å². The first-order valence-electron chi connectivity index (χ1n) is 7.00. The molecule has 3 rings (SSSR count). The number of tetrazole rings is 1. The maximum absolute atomic E-state index is 13.3. The van der Waals surface area contributed by atoms with Crippen LogP contribution in [-0.2, 0) is 15.6 Å². The van der Waals surface area contributed by atoms with Crippen molar-refractivity contribution in [2.75, 3.05) is 7.11 Å². The normalized spacial score (nSPS) is 11.5. The van der Waals surface area contributed by atoms with Crippen LogP contribution in [0, 0.1) is 5.82 Å². The van der Waals surface area contributed by atoms with Crippen LogP contribution in [0.2, 0.25) is 0 Å². The molecule has 0 amide bonds.